The Balaban J connectivity index is 1.34. The Morgan fingerprint density at radius 3 is 2.75 bits per heavy atom. The highest BCUT2D eigenvalue weighted by Crippen LogP contribution is 2.21. The number of nitrogens with zero attached hydrogens (tertiary/aromatic N) is 6. The molecule has 0 saturated carbocycles. The second-order valence-corrected chi connectivity index (χ2v) is 6.88. The number of hydrogen-bond donors (Lipinski definition) is 2. The molecule has 2 N–H and O–H groups in total. The zero-order valence-electron chi connectivity index (χ0n) is 15.8. The maximum Gasteiger partial charge on any atom is 0.317 e. The Morgan fingerprint density at radius 2 is 2.04 bits per heavy atom. The van der Waals surface area contributed by atoms with Gasteiger partial charge in [0.2, 0.25) is 0 Å². The van der Waals surface area contributed by atoms with E-state index in [-0.39, 0.29) is 12.1 Å². The second-order valence-electron chi connectivity index (χ2n) is 6.88. The van der Waals surface area contributed by atoms with E-state index in [4.69, 9.17) is 0 Å². The molecule has 1 atom stereocenters. The summed E-state index contributed by atoms with van der Waals surface area (Å²) >= 11 is 0. The number of piperazine rings is 1. The maximum absolute atomic E-state index is 12.7. The monoisotopic (exact) mass is 380 g/mol. The van der Waals surface area contributed by atoms with Gasteiger partial charge in [0.1, 0.15) is 12.2 Å². The highest BCUT2D eigenvalue weighted by Gasteiger charge is 2.23. The van der Waals surface area contributed by atoms with Gasteiger partial charge in [-0.25, -0.2) is 14.5 Å². The molecule has 0 bridgehead atoms. The van der Waals surface area contributed by atoms with Gasteiger partial charge >= 0.3 is 6.03 Å². The third-order valence-corrected chi connectivity index (χ3v) is 4.99. The molecular weight excluding hydrogens is 356 g/mol. The minimum Gasteiger partial charge on any atom is -0.331 e. The molecule has 2 amide bonds. The fourth-order valence-electron chi connectivity index (χ4n) is 3.46. The first-order valence-corrected chi connectivity index (χ1v) is 9.41. The van der Waals surface area contributed by atoms with Gasteiger partial charge < -0.3 is 10.2 Å². The molecule has 28 heavy (non-hydrogen) atoms. The minimum absolute atomic E-state index is 0.0397. The van der Waals surface area contributed by atoms with Crippen LogP contribution < -0.4 is 5.32 Å². The van der Waals surface area contributed by atoms with Gasteiger partial charge in [0.15, 0.2) is 0 Å². The Kier molecular flexibility index (Phi) is 5.34. The molecule has 146 valence electrons. The lowest BCUT2D eigenvalue weighted by Gasteiger charge is -2.35. The largest absolute Gasteiger partial charge is 0.331 e. The Hall–Kier alpha value is -3.20. The molecule has 0 spiro atoms. The van der Waals surface area contributed by atoms with Crippen molar-refractivity contribution in [3.05, 3.63) is 60.4 Å². The second kappa shape index (κ2) is 8.22. The predicted molar refractivity (Wildman–Crippen MR) is 104 cm³/mol. The number of hydrogen-bond acceptors (Lipinski definition) is 5. The van der Waals surface area contributed by atoms with E-state index in [1.54, 1.807) is 6.20 Å². The molecule has 1 aliphatic heterocycles. The van der Waals surface area contributed by atoms with Crippen molar-refractivity contribution in [3.63, 3.8) is 0 Å². The standard InChI is InChI=1S/C19H24N8O/c1-15(16-5-2-3-6-17(16)27-8-4-7-22-27)23-19(28)26-11-9-25(10-12-26)13-18-20-14-21-24-18/h2-8,14-15H,9-13H2,1H3,(H,23,28)(H,20,21,24)/t15-/m0/s1. The summed E-state index contributed by atoms with van der Waals surface area (Å²) < 4.78 is 1.82. The average molecular weight is 380 g/mol. The van der Waals surface area contributed by atoms with E-state index >= 15 is 0 Å². The molecule has 0 aliphatic carbocycles. The highest BCUT2D eigenvalue weighted by atomic mass is 16.2. The van der Waals surface area contributed by atoms with Crippen LogP contribution >= 0.6 is 0 Å². The lowest BCUT2D eigenvalue weighted by molar-refractivity contribution is 0.132. The van der Waals surface area contributed by atoms with Crippen molar-refractivity contribution in [2.45, 2.75) is 19.5 Å². The molecule has 9 heteroatoms. The first-order valence-electron chi connectivity index (χ1n) is 9.41. The third-order valence-electron chi connectivity index (χ3n) is 4.99. The van der Waals surface area contributed by atoms with E-state index in [2.05, 4.69) is 30.5 Å². The van der Waals surface area contributed by atoms with Crippen LogP contribution in [-0.4, -0.2) is 67.0 Å². The number of rotatable bonds is 5. The summed E-state index contributed by atoms with van der Waals surface area (Å²) in [6.45, 7) is 5.73. The van der Waals surface area contributed by atoms with Crippen LogP contribution in [0.5, 0.6) is 0 Å². The number of urea groups is 1. The Morgan fingerprint density at radius 1 is 1.21 bits per heavy atom. The van der Waals surface area contributed by atoms with Crippen LogP contribution in [0.25, 0.3) is 5.69 Å². The van der Waals surface area contributed by atoms with Crippen LogP contribution in [-0.2, 0) is 6.54 Å². The minimum atomic E-state index is -0.125. The average Bonchev–Trinajstić information content (AvgIpc) is 3.43. The Bertz CT molecular complexity index is 885. The number of para-hydroxylation sites is 1. The molecule has 1 aliphatic rings. The number of amides is 2. The lowest BCUT2D eigenvalue weighted by Crippen LogP contribution is -2.51. The van der Waals surface area contributed by atoms with Gasteiger partial charge in [0, 0.05) is 38.6 Å². The van der Waals surface area contributed by atoms with Crippen molar-refractivity contribution in [2.75, 3.05) is 26.2 Å². The fourth-order valence-corrected chi connectivity index (χ4v) is 3.46. The van der Waals surface area contributed by atoms with Crippen LogP contribution in [0.3, 0.4) is 0 Å². The van der Waals surface area contributed by atoms with E-state index in [0.29, 0.717) is 13.1 Å². The van der Waals surface area contributed by atoms with Gasteiger partial charge in [-0.2, -0.15) is 10.2 Å². The van der Waals surface area contributed by atoms with E-state index in [1.165, 1.54) is 6.33 Å². The van der Waals surface area contributed by atoms with E-state index in [0.717, 1.165) is 36.7 Å². The molecule has 3 heterocycles. The zero-order chi connectivity index (χ0) is 19.3. The quantitative estimate of drug-likeness (QED) is 0.701. The molecular formula is C19H24N8O. The summed E-state index contributed by atoms with van der Waals surface area (Å²) in [7, 11) is 0. The number of aromatic amines is 1. The van der Waals surface area contributed by atoms with Crippen molar-refractivity contribution >= 4 is 6.03 Å². The summed E-state index contributed by atoms with van der Waals surface area (Å²) in [6.07, 6.45) is 5.17. The van der Waals surface area contributed by atoms with Crippen molar-refractivity contribution in [2.24, 2.45) is 0 Å². The van der Waals surface area contributed by atoms with Crippen molar-refractivity contribution in [1.82, 2.24) is 40.1 Å². The maximum atomic E-state index is 12.7. The van der Waals surface area contributed by atoms with Crippen LogP contribution in [0.15, 0.2) is 49.1 Å². The van der Waals surface area contributed by atoms with Crippen molar-refractivity contribution in [1.29, 1.82) is 0 Å². The van der Waals surface area contributed by atoms with Crippen LogP contribution in [0, 0.1) is 0 Å². The van der Waals surface area contributed by atoms with Gasteiger partial charge in [-0.1, -0.05) is 18.2 Å². The van der Waals surface area contributed by atoms with Gasteiger partial charge in [-0.05, 0) is 24.6 Å². The third kappa shape index (κ3) is 4.04. The Labute approximate surface area is 163 Å². The SMILES string of the molecule is C[C@H](NC(=O)N1CCN(Cc2ncn[nH]2)CC1)c1ccccc1-n1cccn1. The molecule has 9 nitrogen and oxygen atoms in total. The van der Waals surface area contributed by atoms with E-state index in [9.17, 15) is 4.79 Å². The predicted octanol–water partition coefficient (Wildman–Crippen LogP) is 1.58. The normalized spacial score (nSPS) is 16.1. The first-order chi connectivity index (χ1) is 13.7. The number of benzene rings is 1. The van der Waals surface area contributed by atoms with Crippen LogP contribution in [0.4, 0.5) is 4.79 Å². The zero-order valence-corrected chi connectivity index (χ0v) is 15.8. The van der Waals surface area contributed by atoms with Crippen molar-refractivity contribution < 1.29 is 4.79 Å². The molecule has 0 unspecified atom stereocenters. The molecule has 0 radical (unpaired) electrons. The highest BCUT2D eigenvalue weighted by molar-refractivity contribution is 5.75. The molecule has 2 aromatic heterocycles. The number of nitrogens with one attached hydrogen (secondary N) is 2. The topological polar surface area (TPSA) is 95.0 Å². The number of aromatic nitrogens is 5. The van der Waals surface area contributed by atoms with Gasteiger partial charge in [-0.3, -0.25) is 10.00 Å². The van der Waals surface area contributed by atoms with Gasteiger partial charge in [-0.15, -0.1) is 0 Å². The van der Waals surface area contributed by atoms with Crippen molar-refractivity contribution in [3.8, 4) is 5.69 Å². The smallest absolute Gasteiger partial charge is 0.317 e. The first kappa shape index (κ1) is 18.2. The summed E-state index contributed by atoms with van der Waals surface area (Å²) in [4.78, 5) is 21.0. The van der Waals surface area contributed by atoms with Gasteiger partial charge in [0.25, 0.3) is 0 Å². The molecule has 1 fully saturated rings. The molecule has 1 aromatic carbocycles. The number of H-pyrrole nitrogens is 1. The lowest BCUT2D eigenvalue weighted by atomic mass is 10.1. The number of carbonyl (C=O) groups is 1. The fraction of sp³-hybridized carbons (Fsp3) is 0.368. The molecule has 4 rings (SSSR count). The number of carbonyl (C=O) groups excluding carboxylic acids is 1. The summed E-state index contributed by atoms with van der Waals surface area (Å²) in [5.41, 5.74) is 2.00. The summed E-state index contributed by atoms with van der Waals surface area (Å²) in [5, 5.41) is 14.2. The van der Waals surface area contributed by atoms with E-state index in [1.807, 2.05) is 53.0 Å². The van der Waals surface area contributed by atoms with Gasteiger partial charge in [0.05, 0.1) is 18.3 Å². The van der Waals surface area contributed by atoms with Crippen LogP contribution in [0.1, 0.15) is 24.4 Å². The van der Waals surface area contributed by atoms with Crippen LogP contribution in [0.2, 0.25) is 0 Å². The summed E-state index contributed by atoms with van der Waals surface area (Å²) in [5.74, 6) is 0.849. The molecule has 1 saturated heterocycles. The van der Waals surface area contributed by atoms with E-state index < -0.39 is 0 Å². The molecule has 3 aromatic rings. The summed E-state index contributed by atoms with van der Waals surface area (Å²) in [6, 6.07) is 9.71.